The van der Waals surface area contributed by atoms with Gasteiger partial charge in [0.25, 0.3) is 5.91 Å². The minimum Gasteiger partial charge on any atom is -0.381 e. The molecule has 2 aromatic heterocycles. The Morgan fingerprint density at radius 1 is 1.38 bits per heavy atom. The fraction of sp³-hybridized carbons (Fsp3) is 0.611. The molecule has 1 saturated heterocycles. The Morgan fingerprint density at radius 2 is 2.07 bits per heavy atom. The van der Waals surface area contributed by atoms with Crippen LogP contribution in [0.3, 0.4) is 0 Å². The molecule has 11 heteroatoms. The van der Waals surface area contributed by atoms with Gasteiger partial charge in [-0.25, -0.2) is 13.4 Å². The normalized spacial score (nSPS) is 17.2. The lowest BCUT2D eigenvalue weighted by Gasteiger charge is -2.26. The predicted molar refractivity (Wildman–Crippen MR) is 107 cm³/mol. The number of thiazole rings is 1. The maximum atomic E-state index is 13.2. The summed E-state index contributed by atoms with van der Waals surface area (Å²) in [4.78, 5) is 16.8. The molecular weight excluding hydrogens is 419 g/mol. The summed E-state index contributed by atoms with van der Waals surface area (Å²) in [6, 6.07) is -0.742. The van der Waals surface area contributed by atoms with E-state index in [4.69, 9.17) is 4.74 Å². The van der Waals surface area contributed by atoms with Gasteiger partial charge in [-0.1, -0.05) is 11.3 Å². The topological polar surface area (TPSA) is 103 Å². The van der Waals surface area contributed by atoms with Gasteiger partial charge in [0.1, 0.15) is 10.9 Å². The lowest BCUT2D eigenvalue weighted by molar-refractivity contribution is -0.120. The third-order valence-electron chi connectivity index (χ3n) is 4.92. The van der Waals surface area contributed by atoms with Gasteiger partial charge in [0.2, 0.25) is 0 Å². The number of hydrogen-bond donors (Lipinski definition) is 1. The van der Waals surface area contributed by atoms with Gasteiger partial charge in [-0.15, -0.1) is 0 Å². The van der Waals surface area contributed by atoms with Crippen molar-refractivity contribution >= 4 is 32.2 Å². The van der Waals surface area contributed by atoms with Crippen LogP contribution in [0.25, 0.3) is 0 Å². The Labute approximate surface area is 173 Å². The van der Waals surface area contributed by atoms with Gasteiger partial charge in [0.05, 0.1) is 17.1 Å². The molecule has 1 unspecified atom stereocenters. The Bertz CT molecular complexity index is 959. The number of aromatic nitrogens is 3. The molecule has 3 rings (SSSR count). The Morgan fingerprint density at radius 3 is 2.66 bits per heavy atom. The first kappa shape index (κ1) is 21.8. The van der Waals surface area contributed by atoms with Crippen LogP contribution >= 0.6 is 11.3 Å². The maximum Gasteiger partial charge on any atom is 0.251 e. The van der Waals surface area contributed by atoms with Crippen molar-refractivity contribution in [1.82, 2.24) is 14.8 Å². The smallest absolute Gasteiger partial charge is 0.251 e. The van der Waals surface area contributed by atoms with Crippen molar-refractivity contribution in [2.45, 2.75) is 55.7 Å². The summed E-state index contributed by atoms with van der Waals surface area (Å²) in [6.45, 7) is 6.09. The number of sulfone groups is 1. The number of carbonyl (C=O) groups excluding carboxylic acids is 1. The molecule has 1 amide bonds. The van der Waals surface area contributed by atoms with E-state index in [-0.39, 0.29) is 15.9 Å². The lowest BCUT2D eigenvalue weighted by Crippen LogP contribution is -2.30. The first-order valence-electron chi connectivity index (χ1n) is 9.36. The molecule has 29 heavy (non-hydrogen) atoms. The molecule has 0 aliphatic carbocycles. The van der Waals surface area contributed by atoms with Crippen molar-refractivity contribution < 1.29 is 22.3 Å². The molecule has 1 aliphatic heterocycles. The van der Waals surface area contributed by atoms with Gasteiger partial charge in [-0.2, -0.15) is 9.49 Å². The number of ether oxygens (including phenoxy) is 1. The molecule has 160 valence electrons. The summed E-state index contributed by atoms with van der Waals surface area (Å²) in [6.07, 6.45) is 5.80. The highest BCUT2D eigenvalue weighted by molar-refractivity contribution is 7.92. The van der Waals surface area contributed by atoms with E-state index in [1.54, 1.807) is 20.8 Å². The minimum atomic E-state index is -3.60. The SMILES string of the molecule is CC(C)(C)S(=O)(=O)c1cnn(C(CC2CCOCC2)C(=O)Nc2ncc(F)s2)c1. The van der Waals surface area contributed by atoms with E-state index in [1.807, 2.05) is 0 Å². The second-order valence-corrected chi connectivity index (χ2v) is 11.7. The molecule has 0 aromatic carbocycles. The Hall–Kier alpha value is -1.85. The van der Waals surface area contributed by atoms with Crippen LogP contribution in [0.15, 0.2) is 23.5 Å². The van der Waals surface area contributed by atoms with E-state index in [0.717, 1.165) is 30.4 Å². The van der Waals surface area contributed by atoms with Crippen LogP contribution < -0.4 is 5.32 Å². The van der Waals surface area contributed by atoms with Crippen LogP contribution in [0.4, 0.5) is 9.52 Å². The predicted octanol–water partition coefficient (Wildman–Crippen LogP) is 3.05. The molecule has 1 aliphatic rings. The van der Waals surface area contributed by atoms with E-state index >= 15 is 0 Å². The summed E-state index contributed by atoms with van der Waals surface area (Å²) in [5, 5.41) is 6.45. The summed E-state index contributed by atoms with van der Waals surface area (Å²) in [5.74, 6) is -0.173. The highest BCUT2D eigenvalue weighted by Crippen LogP contribution is 2.30. The van der Waals surface area contributed by atoms with Crippen LogP contribution in [0.5, 0.6) is 0 Å². The van der Waals surface area contributed by atoms with Crippen molar-refractivity contribution in [3.8, 4) is 0 Å². The molecule has 1 N–H and O–H groups in total. The quantitative estimate of drug-likeness (QED) is 0.735. The monoisotopic (exact) mass is 444 g/mol. The first-order chi connectivity index (χ1) is 13.6. The molecule has 0 bridgehead atoms. The third-order valence-corrected chi connectivity index (χ3v) is 8.07. The zero-order valence-electron chi connectivity index (χ0n) is 16.6. The fourth-order valence-electron chi connectivity index (χ4n) is 3.12. The van der Waals surface area contributed by atoms with E-state index in [1.165, 1.54) is 17.1 Å². The van der Waals surface area contributed by atoms with E-state index in [2.05, 4.69) is 15.4 Å². The van der Waals surface area contributed by atoms with Gasteiger partial charge in [-0.05, 0) is 46.0 Å². The van der Waals surface area contributed by atoms with Crippen LogP contribution in [-0.2, 0) is 19.4 Å². The first-order valence-corrected chi connectivity index (χ1v) is 11.7. The molecule has 2 aromatic rings. The molecule has 1 fully saturated rings. The zero-order valence-corrected chi connectivity index (χ0v) is 18.2. The standard InChI is InChI=1S/C18H25FN4O4S2/c1-18(2,3)29(25,26)13-9-21-23(11-13)14(8-12-4-6-27-7-5-12)16(24)22-17-20-10-15(19)28-17/h9-12,14H,4-8H2,1-3H3,(H,20,22,24). The van der Waals surface area contributed by atoms with Crippen molar-refractivity contribution in [2.75, 3.05) is 18.5 Å². The van der Waals surface area contributed by atoms with Gasteiger partial charge in [0.15, 0.2) is 20.1 Å². The van der Waals surface area contributed by atoms with Gasteiger partial charge in [0, 0.05) is 19.4 Å². The van der Waals surface area contributed by atoms with Crippen molar-refractivity contribution in [2.24, 2.45) is 5.92 Å². The molecule has 0 spiro atoms. The second kappa shape index (κ2) is 8.49. The highest BCUT2D eigenvalue weighted by atomic mass is 32.2. The number of rotatable bonds is 6. The Balaban J connectivity index is 1.87. The van der Waals surface area contributed by atoms with Gasteiger partial charge < -0.3 is 10.1 Å². The van der Waals surface area contributed by atoms with Crippen molar-refractivity contribution in [3.63, 3.8) is 0 Å². The number of carbonyl (C=O) groups is 1. The summed E-state index contributed by atoms with van der Waals surface area (Å²) in [7, 11) is -3.60. The van der Waals surface area contributed by atoms with Crippen LogP contribution in [0.1, 0.15) is 46.1 Å². The average Bonchev–Trinajstić information content (AvgIpc) is 3.29. The maximum absolute atomic E-state index is 13.2. The number of anilines is 1. The van der Waals surface area contributed by atoms with Crippen molar-refractivity contribution in [1.29, 1.82) is 0 Å². The molecular formula is C18H25FN4O4S2. The molecule has 8 nitrogen and oxygen atoms in total. The Kier molecular flexibility index (Phi) is 6.39. The van der Waals surface area contributed by atoms with Gasteiger partial charge in [-0.3, -0.25) is 9.48 Å². The number of nitrogens with zero attached hydrogens (tertiary/aromatic N) is 3. The summed E-state index contributed by atoms with van der Waals surface area (Å²) in [5.41, 5.74) is 0. The lowest BCUT2D eigenvalue weighted by atomic mass is 9.92. The highest BCUT2D eigenvalue weighted by Gasteiger charge is 2.34. The van der Waals surface area contributed by atoms with E-state index in [9.17, 15) is 17.6 Å². The fourth-order valence-corrected chi connectivity index (χ4v) is 4.80. The minimum absolute atomic E-state index is 0.0649. The molecule has 3 heterocycles. The molecule has 0 radical (unpaired) electrons. The number of nitrogens with one attached hydrogen (secondary N) is 1. The summed E-state index contributed by atoms with van der Waals surface area (Å²) >= 11 is 0.732. The number of halogens is 1. The van der Waals surface area contributed by atoms with E-state index in [0.29, 0.717) is 19.6 Å². The van der Waals surface area contributed by atoms with Crippen LogP contribution in [0, 0.1) is 11.0 Å². The largest absolute Gasteiger partial charge is 0.381 e. The van der Waals surface area contributed by atoms with Crippen LogP contribution in [0.2, 0.25) is 0 Å². The summed E-state index contributed by atoms with van der Waals surface area (Å²) < 4.78 is 44.4. The number of amides is 1. The molecule has 0 saturated carbocycles. The average molecular weight is 445 g/mol. The van der Waals surface area contributed by atoms with E-state index < -0.39 is 31.7 Å². The molecule has 1 atom stereocenters. The zero-order chi connectivity index (χ0) is 21.2. The van der Waals surface area contributed by atoms with Crippen LogP contribution in [-0.4, -0.2) is 47.1 Å². The van der Waals surface area contributed by atoms with Crippen molar-refractivity contribution in [3.05, 3.63) is 23.7 Å². The third kappa shape index (κ3) is 5.01. The second-order valence-electron chi connectivity index (χ2n) is 8.04. The van der Waals surface area contributed by atoms with Gasteiger partial charge >= 0.3 is 0 Å². The number of hydrogen-bond acceptors (Lipinski definition) is 7.